The normalized spacial score (nSPS) is 16.7. The lowest BCUT2D eigenvalue weighted by Gasteiger charge is -2.35. The van der Waals surface area contributed by atoms with E-state index in [1.165, 1.54) is 30.4 Å². The molecule has 1 fully saturated rings. The van der Waals surface area contributed by atoms with Crippen molar-refractivity contribution in [3.63, 3.8) is 0 Å². The van der Waals surface area contributed by atoms with Gasteiger partial charge in [0, 0.05) is 45.8 Å². The highest BCUT2D eigenvalue weighted by atomic mass is 32.2. The van der Waals surface area contributed by atoms with Crippen molar-refractivity contribution in [2.45, 2.75) is 29.8 Å². The van der Waals surface area contributed by atoms with Gasteiger partial charge in [-0.2, -0.15) is 13.2 Å². The molecule has 1 saturated heterocycles. The summed E-state index contributed by atoms with van der Waals surface area (Å²) in [5, 5.41) is 12.9. The van der Waals surface area contributed by atoms with Crippen molar-refractivity contribution in [3.8, 4) is 0 Å². The maximum atomic E-state index is 12.9. The number of hydrogen-bond donors (Lipinski definition) is 1. The Kier molecular flexibility index (Phi) is 9.40. The van der Waals surface area contributed by atoms with Gasteiger partial charge in [-0.25, -0.2) is 9.37 Å². The summed E-state index contributed by atoms with van der Waals surface area (Å²) >= 11 is 3.46. The van der Waals surface area contributed by atoms with Crippen LogP contribution in [-0.4, -0.2) is 66.9 Å². The van der Waals surface area contributed by atoms with Crippen molar-refractivity contribution >= 4 is 34.9 Å². The van der Waals surface area contributed by atoms with E-state index in [2.05, 4.69) is 25.5 Å². The molecule has 0 bridgehead atoms. The average Bonchev–Trinajstić information content (AvgIpc) is 3.26. The summed E-state index contributed by atoms with van der Waals surface area (Å²) < 4.78 is 42.3. The number of amides is 1. The lowest BCUT2D eigenvalue weighted by molar-refractivity contribution is -0.258. The molecular formula is C21H28F3N3O3S2. The second-order valence-corrected chi connectivity index (χ2v) is 9.60. The molecule has 3 rings (SSSR count). The molecule has 0 radical (unpaired) electrons. The smallest absolute Gasteiger partial charge is 0.376 e. The van der Waals surface area contributed by atoms with E-state index >= 15 is 0 Å². The lowest BCUT2D eigenvalue weighted by Crippen LogP contribution is -2.43. The van der Waals surface area contributed by atoms with Crippen LogP contribution in [0.4, 0.5) is 18.9 Å². The first-order chi connectivity index (χ1) is 15.0. The highest BCUT2D eigenvalue weighted by molar-refractivity contribution is 7.98. The zero-order valence-corrected chi connectivity index (χ0v) is 20.1. The number of benzene rings is 1. The zero-order valence-electron chi connectivity index (χ0n) is 18.4. The van der Waals surface area contributed by atoms with E-state index in [9.17, 15) is 23.1 Å². The average molecular weight is 492 g/mol. The molecule has 1 amide bonds. The number of thiophene rings is 1. The molecule has 1 N–H and O–H groups in total. The van der Waals surface area contributed by atoms with Crippen LogP contribution in [0.5, 0.6) is 0 Å². The number of anilines is 1. The highest BCUT2D eigenvalue weighted by Crippen LogP contribution is 2.39. The van der Waals surface area contributed by atoms with Crippen molar-refractivity contribution in [1.29, 1.82) is 0 Å². The Balaban J connectivity index is 0.000000451. The Bertz CT molecular complexity index is 838. The molecule has 32 heavy (non-hydrogen) atoms. The van der Waals surface area contributed by atoms with Crippen molar-refractivity contribution in [2.24, 2.45) is 0 Å². The molecule has 1 aliphatic rings. The number of carbonyl (C=O) groups excluding carboxylic acids is 1. The topological polar surface area (TPSA) is 56.2 Å². The summed E-state index contributed by atoms with van der Waals surface area (Å²) in [6.07, 6.45) is -4.70. The molecule has 1 atom stereocenters. The quantitative estimate of drug-likeness (QED) is 0.495. The molecule has 178 valence electrons. The third kappa shape index (κ3) is 7.11. The number of aliphatic hydroxyl groups is 1. The van der Waals surface area contributed by atoms with Crippen molar-refractivity contribution in [2.75, 3.05) is 45.2 Å². The molecule has 1 aliphatic heterocycles. The van der Waals surface area contributed by atoms with Crippen molar-refractivity contribution in [3.05, 3.63) is 47.3 Å². The van der Waals surface area contributed by atoms with Gasteiger partial charge in [-0.05, 0) is 48.0 Å². The number of rotatable bonds is 5. The summed E-state index contributed by atoms with van der Waals surface area (Å²) in [6, 6.07) is 10.1. The van der Waals surface area contributed by atoms with Crippen LogP contribution in [0.25, 0.3) is 0 Å². The molecule has 1 unspecified atom stereocenters. The van der Waals surface area contributed by atoms with Gasteiger partial charge in [-0.3, -0.25) is 9.63 Å². The minimum atomic E-state index is -4.70. The summed E-state index contributed by atoms with van der Waals surface area (Å²) in [5.74, 6) is -0.0949. The number of piperazine rings is 1. The van der Waals surface area contributed by atoms with Gasteiger partial charge in [0.2, 0.25) is 5.91 Å². The van der Waals surface area contributed by atoms with Crippen LogP contribution in [0.3, 0.4) is 0 Å². The van der Waals surface area contributed by atoms with Crippen LogP contribution >= 0.6 is 23.3 Å². The Morgan fingerprint density at radius 3 is 2.16 bits per heavy atom. The van der Waals surface area contributed by atoms with Gasteiger partial charge in [0.25, 0.3) is 0 Å². The first kappa shape index (κ1) is 26.5. The SMILES string of the molecule is CC(O)(c1ccc(N2CCN(Sc3cccs3)CC2)cc1)C(F)(F)F.CON(C)C(C)=O. The molecule has 2 heterocycles. The molecule has 6 nitrogen and oxygen atoms in total. The van der Waals surface area contributed by atoms with Gasteiger partial charge < -0.3 is 10.0 Å². The maximum absolute atomic E-state index is 12.9. The van der Waals surface area contributed by atoms with E-state index in [4.69, 9.17) is 0 Å². The second kappa shape index (κ2) is 11.4. The second-order valence-electron chi connectivity index (χ2n) is 7.26. The fourth-order valence-corrected chi connectivity index (χ4v) is 4.61. The molecule has 1 aromatic heterocycles. The number of alkyl halides is 3. The highest BCUT2D eigenvalue weighted by Gasteiger charge is 2.51. The minimum absolute atomic E-state index is 0.0949. The molecule has 0 saturated carbocycles. The van der Waals surface area contributed by atoms with Crippen molar-refractivity contribution in [1.82, 2.24) is 9.37 Å². The Morgan fingerprint density at radius 1 is 1.16 bits per heavy atom. The number of nitrogens with zero attached hydrogens (tertiary/aromatic N) is 3. The van der Waals surface area contributed by atoms with E-state index < -0.39 is 11.8 Å². The van der Waals surface area contributed by atoms with Crippen LogP contribution in [0.1, 0.15) is 19.4 Å². The van der Waals surface area contributed by atoms with E-state index in [-0.39, 0.29) is 11.5 Å². The Hall–Kier alpha value is -1.79. The zero-order chi connectivity index (χ0) is 23.9. The minimum Gasteiger partial charge on any atom is -0.376 e. The first-order valence-corrected chi connectivity index (χ1v) is 11.5. The van der Waals surface area contributed by atoms with Gasteiger partial charge in [-0.15, -0.1) is 11.3 Å². The lowest BCUT2D eigenvalue weighted by atomic mass is 9.95. The third-order valence-electron chi connectivity index (χ3n) is 5.02. The molecular weight excluding hydrogens is 463 g/mol. The predicted octanol–water partition coefficient (Wildman–Crippen LogP) is 4.37. The van der Waals surface area contributed by atoms with E-state index in [1.54, 1.807) is 42.5 Å². The van der Waals surface area contributed by atoms with Gasteiger partial charge in [0.05, 0.1) is 11.3 Å². The number of halogens is 3. The summed E-state index contributed by atoms with van der Waals surface area (Å²) in [7, 11) is 3.00. The van der Waals surface area contributed by atoms with Gasteiger partial charge in [-0.1, -0.05) is 18.2 Å². The summed E-state index contributed by atoms with van der Waals surface area (Å²) in [5.41, 5.74) is -2.10. The fraction of sp³-hybridized carbons (Fsp3) is 0.476. The number of hydrogen-bond acceptors (Lipinski definition) is 7. The standard InChI is InChI=1S/C17H19F3N2OS2.C4H9NO2/c1-16(23,17(18,19)20)13-4-6-14(7-5-13)21-8-10-22(11-9-21)25-15-3-2-12-24-15;1-4(6)5(2)7-3/h2-7,12,23H,8-11H2,1H3;1-3H3. The van der Waals surface area contributed by atoms with Crippen LogP contribution in [0.2, 0.25) is 0 Å². The van der Waals surface area contributed by atoms with Gasteiger partial charge in [0.15, 0.2) is 5.60 Å². The van der Waals surface area contributed by atoms with Crippen molar-refractivity contribution < 1.29 is 27.9 Å². The van der Waals surface area contributed by atoms with E-state index in [1.807, 2.05) is 6.07 Å². The van der Waals surface area contributed by atoms with E-state index in [0.717, 1.165) is 43.9 Å². The molecule has 0 spiro atoms. The number of hydroxylamine groups is 2. The maximum Gasteiger partial charge on any atom is 0.421 e. The third-order valence-corrected chi connectivity index (χ3v) is 7.13. The molecule has 2 aromatic rings. The predicted molar refractivity (Wildman–Crippen MR) is 121 cm³/mol. The van der Waals surface area contributed by atoms with Crippen LogP contribution in [-0.2, 0) is 15.2 Å². The number of carbonyl (C=O) groups is 1. The molecule has 11 heteroatoms. The van der Waals surface area contributed by atoms with Crippen LogP contribution < -0.4 is 4.90 Å². The van der Waals surface area contributed by atoms with Gasteiger partial charge >= 0.3 is 6.18 Å². The summed E-state index contributed by atoms with van der Waals surface area (Å²) in [4.78, 5) is 16.8. The van der Waals surface area contributed by atoms with Crippen LogP contribution in [0.15, 0.2) is 46.0 Å². The van der Waals surface area contributed by atoms with Gasteiger partial charge in [0.1, 0.15) is 0 Å². The molecule has 1 aromatic carbocycles. The molecule has 0 aliphatic carbocycles. The Labute approximate surface area is 194 Å². The Morgan fingerprint density at radius 2 is 1.75 bits per heavy atom. The van der Waals surface area contributed by atoms with E-state index in [0.29, 0.717) is 0 Å². The fourth-order valence-electron chi connectivity index (χ4n) is 2.77. The van der Waals surface area contributed by atoms with Crippen LogP contribution in [0, 0.1) is 0 Å². The summed E-state index contributed by atoms with van der Waals surface area (Å²) in [6.45, 7) is 5.60. The monoisotopic (exact) mass is 491 g/mol. The largest absolute Gasteiger partial charge is 0.421 e. The first-order valence-electron chi connectivity index (χ1n) is 9.85.